The first-order chi connectivity index (χ1) is 11.8. The number of carbonyl (C=O) groups is 1. The zero-order valence-corrected chi connectivity index (χ0v) is 14.2. The van der Waals surface area contributed by atoms with Crippen molar-refractivity contribution in [3.63, 3.8) is 0 Å². The molecule has 0 bridgehead atoms. The molecule has 3 heterocycles. The van der Waals surface area contributed by atoms with Gasteiger partial charge in [0, 0.05) is 38.8 Å². The van der Waals surface area contributed by atoms with Crippen LogP contribution < -0.4 is 0 Å². The molecule has 0 N–H and O–H groups in total. The summed E-state index contributed by atoms with van der Waals surface area (Å²) in [6.07, 6.45) is 6.68. The average molecular weight is 333 g/mol. The second-order valence-electron chi connectivity index (χ2n) is 6.46. The molecule has 2 aliphatic rings. The highest BCUT2D eigenvalue weighted by Crippen LogP contribution is 2.16. The molecule has 0 unspecified atom stereocenters. The van der Waals surface area contributed by atoms with Gasteiger partial charge in [-0.1, -0.05) is 6.07 Å². The molecular weight excluding hydrogens is 306 g/mol. The van der Waals surface area contributed by atoms with E-state index in [4.69, 9.17) is 9.57 Å². The van der Waals surface area contributed by atoms with Crippen molar-refractivity contribution in [1.82, 2.24) is 14.9 Å². The first-order valence-corrected chi connectivity index (χ1v) is 8.98. The number of amides is 1. The van der Waals surface area contributed by atoms with E-state index in [1.165, 1.54) is 0 Å². The zero-order valence-electron chi connectivity index (χ0n) is 14.2. The third-order valence-electron chi connectivity index (χ3n) is 4.57. The summed E-state index contributed by atoms with van der Waals surface area (Å²) in [5.74, 6) is 0.204. The normalized spacial score (nSPS) is 22.5. The standard InChI is InChI=1S/C18H27N3O3/c22-18(8-12-21-11-3-4-13-24-21)20-10-5-7-17(14-20)23-15-16-6-1-2-9-19-16/h1-2,6,9,17H,3-5,7-8,10-15H2/t17-/m0/s1. The van der Waals surface area contributed by atoms with Gasteiger partial charge in [-0.2, -0.15) is 5.06 Å². The smallest absolute Gasteiger partial charge is 0.224 e. The van der Waals surface area contributed by atoms with E-state index in [2.05, 4.69) is 4.98 Å². The molecule has 3 rings (SSSR count). The number of hydrogen-bond acceptors (Lipinski definition) is 5. The predicted octanol–water partition coefficient (Wildman–Crippen LogP) is 2.01. The summed E-state index contributed by atoms with van der Waals surface area (Å²) < 4.78 is 5.95. The van der Waals surface area contributed by atoms with Crippen LogP contribution in [0.15, 0.2) is 24.4 Å². The van der Waals surface area contributed by atoms with Gasteiger partial charge in [0.1, 0.15) is 0 Å². The molecule has 1 atom stereocenters. The lowest BCUT2D eigenvalue weighted by Crippen LogP contribution is -2.44. The molecule has 0 aliphatic carbocycles. The van der Waals surface area contributed by atoms with Crippen molar-refractivity contribution in [2.75, 3.05) is 32.8 Å². The number of aromatic nitrogens is 1. The quantitative estimate of drug-likeness (QED) is 0.797. The van der Waals surface area contributed by atoms with Gasteiger partial charge in [-0.3, -0.25) is 14.6 Å². The largest absolute Gasteiger partial charge is 0.370 e. The molecule has 0 aromatic carbocycles. The summed E-state index contributed by atoms with van der Waals surface area (Å²) >= 11 is 0. The number of likely N-dealkylation sites (tertiary alicyclic amines) is 1. The Morgan fingerprint density at radius 1 is 1.29 bits per heavy atom. The molecule has 0 spiro atoms. The average Bonchev–Trinajstić information content (AvgIpc) is 2.66. The number of hydroxylamine groups is 2. The van der Waals surface area contributed by atoms with Crippen LogP contribution in [-0.4, -0.2) is 59.7 Å². The fourth-order valence-corrected chi connectivity index (χ4v) is 3.19. The van der Waals surface area contributed by atoms with E-state index in [1.807, 2.05) is 28.2 Å². The molecule has 2 fully saturated rings. The second kappa shape index (κ2) is 9.11. The maximum absolute atomic E-state index is 12.4. The summed E-state index contributed by atoms with van der Waals surface area (Å²) in [4.78, 5) is 24.2. The van der Waals surface area contributed by atoms with Crippen LogP contribution in [0.4, 0.5) is 0 Å². The van der Waals surface area contributed by atoms with Crippen LogP contribution in [0.3, 0.4) is 0 Å². The summed E-state index contributed by atoms with van der Waals surface area (Å²) in [6.45, 7) is 4.43. The van der Waals surface area contributed by atoms with E-state index in [-0.39, 0.29) is 12.0 Å². The fourth-order valence-electron chi connectivity index (χ4n) is 3.19. The molecule has 6 heteroatoms. The lowest BCUT2D eigenvalue weighted by Gasteiger charge is -2.33. The van der Waals surface area contributed by atoms with Crippen molar-refractivity contribution >= 4 is 5.91 Å². The number of pyridine rings is 1. The van der Waals surface area contributed by atoms with Crippen LogP contribution in [-0.2, 0) is 21.0 Å². The maximum Gasteiger partial charge on any atom is 0.224 e. The Bertz CT molecular complexity index is 505. The minimum absolute atomic E-state index is 0.107. The van der Waals surface area contributed by atoms with E-state index in [1.54, 1.807) is 6.20 Å². The van der Waals surface area contributed by atoms with Crippen LogP contribution in [0.2, 0.25) is 0 Å². The van der Waals surface area contributed by atoms with Crippen LogP contribution in [0, 0.1) is 0 Å². The monoisotopic (exact) mass is 333 g/mol. The molecule has 2 aliphatic heterocycles. The lowest BCUT2D eigenvalue weighted by molar-refractivity contribution is -0.183. The Balaban J connectivity index is 1.40. The third-order valence-corrected chi connectivity index (χ3v) is 4.57. The number of piperidine rings is 1. The molecular formula is C18H27N3O3. The van der Waals surface area contributed by atoms with Gasteiger partial charge in [-0.15, -0.1) is 0 Å². The number of hydrogen-bond donors (Lipinski definition) is 0. The van der Waals surface area contributed by atoms with Crippen molar-refractivity contribution in [1.29, 1.82) is 0 Å². The maximum atomic E-state index is 12.4. The predicted molar refractivity (Wildman–Crippen MR) is 90.0 cm³/mol. The van der Waals surface area contributed by atoms with E-state index in [0.29, 0.717) is 26.1 Å². The summed E-state index contributed by atoms with van der Waals surface area (Å²) in [5, 5.41) is 1.93. The molecule has 0 radical (unpaired) electrons. The molecule has 0 saturated carbocycles. The van der Waals surface area contributed by atoms with Crippen LogP contribution in [0.1, 0.15) is 37.8 Å². The Morgan fingerprint density at radius 2 is 2.25 bits per heavy atom. The van der Waals surface area contributed by atoms with E-state index < -0.39 is 0 Å². The molecule has 1 aromatic heterocycles. The molecule has 6 nitrogen and oxygen atoms in total. The lowest BCUT2D eigenvalue weighted by atomic mass is 10.1. The van der Waals surface area contributed by atoms with Gasteiger partial charge in [-0.05, 0) is 37.8 Å². The van der Waals surface area contributed by atoms with Crippen molar-refractivity contribution in [3.05, 3.63) is 30.1 Å². The number of nitrogens with zero attached hydrogens (tertiary/aromatic N) is 3. The highest BCUT2D eigenvalue weighted by molar-refractivity contribution is 5.76. The Morgan fingerprint density at radius 3 is 3.04 bits per heavy atom. The summed E-state index contributed by atoms with van der Waals surface area (Å²) in [6, 6.07) is 5.83. The van der Waals surface area contributed by atoms with Gasteiger partial charge >= 0.3 is 0 Å². The molecule has 132 valence electrons. The Labute approximate surface area is 143 Å². The zero-order chi connectivity index (χ0) is 16.6. The highest BCUT2D eigenvalue weighted by Gasteiger charge is 2.24. The van der Waals surface area contributed by atoms with E-state index >= 15 is 0 Å². The molecule has 1 aromatic rings. The summed E-state index contributed by atoms with van der Waals surface area (Å²) in [5.41, 5.74) is 0.934. The van der Waals surface area contributed by atoms with Gasteiger partial charge in [-0.25, -0.2) is 0 Å². The minimum Gasteiger partial charge on any atom is -0.370 e. The van der Waals surface area contributed by atoms with Gasteiger partial charge < -0.3 is 9.64 Å². The van der Waals surface area contributed by atoms with Crippen LogP contribution in [0.25, 0.3) is 0 Å². The topological polar surface area (TPSA) is 54.9 Å². The minimum atomic E-state index is 0.107. The van der Waals surface area contributed by atoms with Crippen molar-refractivity contribution in [2.24, 2.45) is 0 Å². The van der Waals surface area contributed by atoms with E-state index in [9.17, 15) is 4.79 Å². The Kier molecular flexibility index (Phi) is 6.57. The van der Waals surface area contributed by atoms with Crippen LogP contribution in [0.5, 0.6) is 0 Å². The summed E-state index contributed by atoms with van der Waals surface area (Å²) in [7, 11) is 0. The number of carbonyl (C=O) groups excluding carboxylic acids is 1. The molecule has 1 amide bonds. The first kappa shape index (κ1) is 17.3. The van der Waals surface area contributed by atoms with Gasteiger partial charge in [0.05, 0.1) is 25.0 Å². The van der Waals surface area contributed by atoms with Crippen molar-refractivity contribution in [3.8, 4) is 0 Å². The Hall–Kier alpha value is -1.50. The molecule has 24 heavy (non-hydrogen) atoms. The number of rotatable bonds is 6. The first-order valence-electron chi connectivity index (χ1n) is 8.98. The molecule has 2 saturated heterocycles. The van der Waals surface area contributed by atoms with Crippen molar-refractivity contribution in [2.45, 2.75) is 44.8 Å². The van der Waals surface area contributed by atoms with Crippen molar-refractivity contribution < 1.29 is 14.4 Å². The fraction of sp³-hybridized carbons (Fsp3) is 0.667. The highest BCUT2D eigenvalue weighted by atomic mass is 16.7. The number of ether oxygens (including phenoxy) is 1. The SMILES string of the molecule is O=C(CCN1CCCCO1)N1CCC[C@H](OCc2ccccn2)C1. The third kappa shape index (κ3) is 5.26. The van der Waals surface area contributed by atoms with Gasteiger partial charge in [0.2, 0.25) is 5.91 Å². The van der Waals surface area contributed by atoms with Crippen LogP contribution >= 0.6 is 0 Å². The van der Waals surface area contributed by atoms with E-state index in [0.717, 1.165) is 51.1 Å². The second-order valence-corrected chi connectivity index (χ2v) is 6.46. The van der Waals surface area contributed by atoms with Gasteiger partial charge in [0.15, 0.2) is 0 Å². The van der Waals surface area contributed by atoms with Gasteiger partial charge in [0.25, 0.3) is 0 Å².